The maximum atomic E-state index is 11.7. The molecule has 0 fully saturated rings. The number of aliphatic hydroxyl groups is 1. The molecule has 2 N–H and O–H groups in total. The summed E-state index contributed by atoms with van der Waals surface area (Å²) in [6.07, 6.45) is 3.27. The third-order valence-corrected chi connectivity index (χ3v) is 2.34. The van der Waals surface area contributed by atoms with Gasteiger partial charge in [-0.3, -0.25) is 4.79 Å². The van der Waals surface area contributed by atoms with E-state index in [1.165, 1.54) is 0 Å². The topological polar surface area (TPSA) is 67.2 Å². The van der Waals surface area contributed by atoms with Crippen molar-refractivity contribution in [1.29, 1.82) is 0 Å². The first-order chi connectivity index (χ1) is 7.06. The van der Waals surface area contributed by atoms with Gasteiger partial charge < -0.3 is 15.0 Å². The van der Waals surface area contributed by atoms with E-state index in [-0.39, 0.29) is 24.5 Å². The maximum absolute atomic E-state index is 11.7. The van der Waals surface area contributed by atoms with Crippen LogP contribution in [-0.4, -0.2) is 33.2 Å². The van der Waals surface area contributed by atoms with Gasteiger partial charge in [0.1, 0.15) is 0 Å². The van der Waals surface area contributed by atoms with Crippen molar-refractivity contribution in [3.05, 3.63) is 18.2 Å². The molecule has 1 aromatic rings. The molecular formula is C10H17N3O2. The molecule has 0 saturated heterocycles. The van der Waals surface area contributed by atoms with E-state index in [2.05, 4.69) is 10.3 Å². The van der Waals surface area contributed by atoms with Crippen LogP contribution in [-0.2, 0) is 7.05 Å². The van der Waals surface area contributed by atoms with Crippen LogP contribution in [0.3, 0.4) is 0 Å². The molecule has 0 aliphatic carbocycles. The lowest BCUT2D eigenvalue weighted by Crippen LogP contribution is -2.42. The highest BCUT2D eigenvalue weighted by Crippen LogP contribution is 2.02. The van der Waals surface area contributed by atoms with Crippen molar-refractivity contribution in [2.45, 2.75) is 19.9 Å². The number of hydrogen-bond donors (Lipinski definition) is 2. The Kier molecular flexibility index (Phi) is 3.85. The van der Waals surface area contributed by atoms with E-state index in [0.29, 0.717) is 5.82 Å². The summed E-state index contributed by atoms with van der Waals surface area (Å²) in [6, 6.07) is -0.228. The first-order valence-electron chi connectivity index (χ1n) is 4.95. The Morgan fingerprint density at radius 2 is 2.33 bits per heavy atom. The van der Waals surface area contributed by atoms with Crippen LogP contribution < -0.4 is 5.32 Å². The smallest absolute Gasteiger partial charge is 0.287 e. The molecule has 0 spiro atoms. The number of aliphatic hydroxyl groups excluding tert-OH is 1. The van der Waals surface area contributed by atoms with Gasteiger partial charge in [0.15, 0.2) is 5.82 Å². The number of nitrogens with one attached hydrogen (secondary N) is 1. The van der Waals surface area contributed by atoms with Crippen LogP contribution in [0.1, 0.15) is 24.5 Å². The second kappa shape index (κ2) is 4.93. The van der Waals surface area contributed by atoms with Gasteiger partial charge >= 0.3 is 0 Å². The van der Waals surface area contributed by atoms with Gasteiger partial charge in [0, 0.05) is 19.4 Å². The molecule has 1 rings (SSSR count). The first-order valence-corrected chi connectivity index (χ1v) is 4.95. The molecule has 5 nitrogen and oxygen atoms in total. The summed E-state index contributed by atoms with van der Waals surface area (Å²) in [7, 11) is 1.76. The number of imidazole rings is 1. The zero-order valence-electron chi connectivity index (χ0n) is 9.27. The fourth-order valence-corrected chi connectivity index (χ4v) is 1.24. The number of amides is 1. The third kappa shape index (κ3) is 2.79. The normalized spacial score (nSPS) is 12.9. The largest absolute Gasteiger partial charge is 0.394 e. The van der Waals surface area contributed by atoms with Gasteiger partial charge in [-0.1, -0.05) is 13.8 Å². The number of carbonyl (C=O) groups is 1. The maximum Gasteiger partial charge on any atom is 0.287 e. The van der Waals surface area contributed by atoms with Crippen molar-refractivity contribution in [2.75, 3.05) is 6.61 Å². The fourth-order valence-electron chi connectivity index (χ4n) is 1.24. The summed E-state index contributed by atoms with van der Waals surface area (Å²) in [6.45, 7) is 3.83. The van der Waals surface area contributed by atoms with E-state index in [9.17, 15) is 4.79 Å². The van der Waals surface area contributed by atoms with Crippen molar-refractivity contribution < 1.29 is 9.90 Å². The van der Waals surface area contributed by atoms with Crippen molar-refractivity contribution in [3.8, 4) is 0 Å². The van der Waals surface area contributed by atoms with Gasteiger partial charge in [-0.15, -0.1) is 0 Å². The lowest BCUT2D eigenvalue weighted by atomic mass is 10.1. The van der Waals surface area contributed by atoms with E-state index >= 15 is 0 Å². The summed E-state index contributed by atoms with van der Waals surface area (Å²) in [5, 5.41) is 11.8. The van der Waals surface area contributed by atoms with Gasteiger partial charge in [-0.2, -0.15) is 0 Å². The molecule has 0 aliphatic heterocycles. The molecule has 1 aromatic heterocycles. The average molecular weight is 211 g/mol. The fraction of sp³-hybridized carbons (Fsp3) is 0.600. The average Bonchev–Trinajstić information content (AvgIpc) is 2.60. The van der Waals surface area contributed by atoms with Crippen molar-refractivity contribution >= 4 is 5.91 Å². The molecule has 1 amide bonds. The summed E-state index contributed by atoms with van der Waals surface area (Å²) in [4.78, 5) is 15.6. The number of aryl methyl sites for hydroxylation is 1. The predicted molar refractivity (Wildman–Crippen MR) is 56.4 cm³/mol. The molecule has 1 heterocycles. The van der Waals surface area contributed by atoms with Crippen LogP contribution in [0.4, 0.5) is 0 Å². The second-order valence-corrected chi connectivity index (χ2v) is 3.87. The Labute approximate surface area is 89.1 Å². The zero-order valence-corrected chi connectivity index (χ0v) is 9.27. The Morgan fingerprint density at radius 3 is 2.73 bits per heavy atom. The molecule has 84 valence electrons. The van der Waals surface area contributed by atoms with Crippen molar-refractivity contribution in [2.24, 2.45) is 13.0 Å². The molecule has 5 heteroatoms. The minimum atomic E-state index is -0.254. The number of nitrogens with zero attached hydrogens (tertiary/aromatic N) is 2. The highest BCUT2D eigenvalue weighted by Gasteiger charge is 2.18. The number of rotatable bonds is 4. The highest BCUT2D eigenvalue weighted by molar-refractivity contribution is 5.90. The highest BCUT2D eigenvalue weighted by atomic mass is 16.3. The monoisotopic (exact) mass is 211 g/mol. The van der Waals surface area contributed by atoms with Crippen molar-refractivity contribution in [1.82, 2.24) is 14.9 Å². The van der Waals surface area contributed by atoms with Crippen LogP contribution in [0.2, 0.25) is 0 Å². The SMILES string of the molecule is CC(C)[C@@H](CO)NC(=O)c1nccn1C. The Bertz CT molecular complexity index is 333. The summed E-state index contributed by atoms with van der Waals surface area (Å²) >= 11 is 0. The number of aromatic nitrogens is 2. The molecule has 0 aliphatic rings. The van der Waals surface area contributed by atoms with Crippen LogP contribution >= 0.6 is 0 Å². The Hall–Kier alpha value is -1.36. The van der Waals surface area contributed by atoms with Gasteiger partial charge in [-0.05, 0) is 5.92 Å². The van der Waals surface area contributed by atoms with Gasteiger partial charge in [-0.25, -0.2) is 4.98 Å². The number of carbonyl (C=O) groups excluding carboxylic acids is 1. The van der Waals surface area contributed by atoms with Crippen LogP contribution in [0.25, 0.3) is 0 Å². The van der Waals surface area contributed by atoms with Gasteiger partial charge in [0.05, 0.1) is 12.6 Å². The van der Waals surface area contributed by atoms with E-state index < -0.39 is 0 Å². The lowest BCUT2D eigenvalue weighted by Gasteiger charge is -2.19. The number of hydrogen-bond acceptors (Lipinski definition) is 3. The standard InChI is InChI=1S/C10H17N3O2/c1-7(2)8(6-14)12-10(15)9-11-4-5-13(9)3/h4-5,7-8,14H,6H2,1-3H3,(H,12,15)/t8-/m1/s1. The molecular weight excluding hydrogens is 194 g/mol. The molecule has 1 atom stereocenters. The van der Waals surface area contributed by atoms with E-state index in [4.69, 9.17) is 5.11 Å². The van der Waals surface area contributed by atoms with Crippen LogP contribution in [0.15, 0.2) is 12.4 Å². The third-order valence-electron chi connectivity index (χ3n) is 2.34. The summed E-state index contributed by atoms with van der Waals surface area (Å²) in [5.41, 5.74) is 0. The lowest BCUT2D eigenvalue weighted by molar-refractivity contribution is 0.0883. The Morgan fingerprint density at radius 1 is 1.67 bits per heavy atom. The molecule has 0 unspecified atom stereocenters. The molecule has 0 radical (unpaired) electrons. The molecule has 15 heavy (non-hydrogen) atoms. The predicted octanol–water partition coefficient (Wildman–Crippen LogP) is 0.167. The molecule has 0 aromatic carbocycles. The Balaban J connectivity index is 2.67. The zero-order chi connectivity index (χ0) is 11.4. The van der Waals surface area contributed by atoms with Gasteiger partial charge in [0.25, 0.3) is 5.91 Å². The van der Waals surface area contributed by atoms with Crippen LogP contribution in [0, 0.1) is 5.92 Å². The minimum absolute atomic E-state index is 0.0617. The molecule has 0 bridgehead atoms. The van der Waals surface area contributed by atoms with Crippen molar-refractivity contribution in [3.63, 3.8) is 0 Å². The summed E-state index contributed by atoms with van der Waals surface area (Å²) < 4.78 is 1.64. The molecule has 0 saturated carbocycles. The van der Waals surface area contributed by atoms with E-state index in [1.807, 2.05) is 13.8 Å². The van der Waals surface area contributed by atoms with Crippen LogP contribution in [0.5, 0.6) is 0 Å². The quantitative estimate of drug-likeness (QED) is 0.746. The van der Waals surface area contributed by atoms with E-state index in [1.54, 1.807) is 24.0 Å². The van der Waals surface area contributed by atoms with E-state index in [0.717, 1.165) is 0 Å². The van der Waals surface area contributed by atoms with Gasteiger partial charge in [0.2, 0.25) is 0 Å². The summed E-state index contributed by atoms with van der Waals surface area (Å²) in [5.74, 6) is 0.295. The second-order valence-electron chi connectivity index (χ2n) is 3.87. The first kappa shape index (κ1) is 11.7. The minimum Gasteiger partial charge on any atom is -0.394 e.